The Hall–Kier alpha value is -1.66. The largest absolute Gasteiger partial charge is 0.494 e. The van der Waals surface area contributed by atoms with Crippen LogP contribution in [0.15, 0.2) is 28.7 Å². The van der Waals surface area contributed by atoms with Crippen LogP contribution < -0.4 is 10.1 Å². The first-order valence-corrected chi connectivity index (χ1v) is 7.45. The maximum Gasteiger partial charge on any atom is 0.161 e. The Morgan fingerprint density at radius 2 is 1.90 bits per heavy atom. The second kappa shape index (κ2) is 7.38. The van der Waals surface area contributed by atoms with Crippen LogP contribution in [0.3, 0.4) is 0 Å². The Labute approximate surface area is 132 Å². The highest BCUT2D eigenvalue weighted by Gasteiger charge is 2.12. The van der Waals surface area contributed by atoms with E-state index in [1.165, 1.54) is 0 Å². The molecule has 1 aromatic carbocycles. The monoisotopic (exact) mass is 351 g/mol. The summed E-state index contributed by atoms with van der Waals surface area (Å²) in [5.74, 6) is 2.22. The van der Waals surface area contributed by atoms with E-state index in [-0.39, 0.29) is 0 Å². The van der Waals surface area contributed by atoms with Crippen molar-refractivity contribution in [2.75, 3.05) is 26.1 Å². The molecule has 0 spiro atoms. The number of hydrogen-bond donors (Lipinski definition) is 1. The van der Waals surface area contributed by atoms with Crippen LogP contribution in [-0.2, 0) is 11.3 Å². The number of nitrogens with one attached hydrogen (secondary N) is 1. The summed E-state index contributed by atoms with van der Waals surface area (Å²) in [6.45, 7) is 3.03. The van der Waals surface area contributed by atoms with Crippen LogP contribution in [0.2, 0.25) is 0 Å². The molecule has 0 bridgehead atoms. The van der Waals surface area contributed by atoms with E-state index in [1.807, 2.05) is 38.2 Å². The van der Waals surface area contributed by atoms with Crippen molar-refractivity contribution in [2.45, 2.75) is 13.5 Å². The quantitative estimate of drug-likeness (QED) is 0.863. The fourth-order valence-electron chi connectivity index (χ4n) is 1.89. The highest BCUT2D eigenvalue weighted by molar-refractivity contribution is 9.10. The molecule has 112 valence electrons. The Balaban J connectivity index is 2.40. The zero-order valence-corrected chi connectivity index (χ0v) is 13.9. The highest BCUT2D eigenvalue weighted by Crippen LogP contribution is 2.28. The molecular formula is C15H18BrN3O2. The van der Waals surface area contributed by atoms with Crippen molar-refractivity contribution in [2.24, 2.45) is 0 Å². The standard InChI is InChI=1S/C15H18BrN3O2/c1-4-21-11-7-5-10(6-8-11)14-18-12(9-20-3)13(16)15(17-2)19-14/h5-8H,4,9H2,1-3H3,(H,17,18,19). The number of ether oxygens (including phenoxy) is 2. The van der Waals surface area contributed by atoms with Gasteiger partial charge in [-0.25, -0.2) is 9.97 Å². The third kappa shape index (κ3) is 3.71. The van der Waals surface area contributed by atoms with Gasteiger partial charge in [0.2, 0.25) is 0 Å². The number of rotatable bonds is 6. The van der Waals surface area contributed by atoms with Crippen LogP contribution in [-0.4, -0.2) is 30.7 Å². The van der Waals surface area contributed by atoms with E-state index >= 15 is 0 Å². The van der Waals surface area contributed by atoms with Crippen LogP contribution in [0.25, 0.3) is 11.4 Å². The molecule has 2 rings (SSSR count). The fraction of sp³-hybridized carbons (Fsp3) is 0.333. The van der Waals surface area contributed by atoms with Crippen molar-refractivity contribution < 1.29 is 9.47 Å². The van der Waals surface area contributed by atoms with Crippen molar-refractivity contribution in [3.8, 4) is 17.1 Å². The molecule has 6 heteroatoms. The molecule has 0 saturated heterocycles. The molecule has 0 amide bonds. The molecule has 1 N–H and O–H groups in total. The summed E-state index contributed by atoms with van der Waals surface area (Å²) >= 11 is 3.49. The minimum absolute atomic E-state index is 0.418. The van der Waals surface area contributed by atoms with Gasteiger partial charge in [-0.05, 0) is 47.1 Å². The molecule has 0 aliphatic heterocycles. The van der Waals surface area contributed by atoms with E-state index in [2.05, 4.69) is 31.2 Å². The molecule has 2 aromatic rings. The predicted molar refractivity (Wildman–Crippen MR) is 86.6 cm³/mol. The van der Waals surface area contributed by atoms with E-state index in [0.29, 0.717) is 19.0 Å². The Morgan fingerprint density at radius 3 is 2.48 bits per heavy atom. The SMILES string of the molecule is CCOc1ccc(-c2nc(COC)c(Br)c(NC)n2)cc1. The second-order valence-electron chi connectivity index (χ2n) is 4.30. The zero-order chi connectivity index (χ0) is 15.2. The van der Waals surface area contributed by atoms with Crippen LogP contribution in [0.5, 0.6) is 5.75 Å². The number of benzene rings is 1. The van der Waals surface area contributed by atoms with E-state index < -0.39 is 0 Å². The van der Waals surface area contributed by atoms with Gasteiger partial charge in [-0.3, -0.25) is 0 Å². The average molecular weight is 352 g/mol. The highest BCUT2D eigenvalue weighted by atomic mass is 79.9. The zero-order valence-electron chi connectivity index (χ0n) is 12.3. The predicted octanol–water partition coefficient (Wildman–Crippen LogP) is 3.49. The van der Waals surface area contributed by atoms with Gasteiger partial charge >= 0.3 is 0 Å². The first-order valence-electron chi connectivity index (χ1n) is 6.66. The van der Waals surface area contributed by atoms with Crippen molar-refractivity contribution >= 4 is 21.7 Å². The number of anilines is 1. The fourth-order valence-corrected chi connectivity index (χ4v) is 2.38. The molecule has 5 nitrogen and oxygen atoms in total. The van der Waals surface area contributed by atoms with Gasteiger partial charge in [-0.15, -0.1) is 0 Å². The first kappa shape index (κ1) is 15.7. The lowest BCUT2D eigenvalue weighted by atomic mass is 10.2. The number of nitrogens with zero attached hydrogens (tertiary/aromatic N) is 2. The molecular weight excluding hydrogens is 334 g/mol. The summed E-state index contributed by atoms with van der Waals surface area (Å²) in [6, 6.07) is 7.73. The summed E-state index contributed by atoms with van der Waals surface area (Å²) in [5, 5.41) is 3.06. The van der Waals surface area contributed by atoms with Gasteiger partial charge in [0.05, 0.1) is 23.4 Å². The minimum atomic E-state index is 0.418. The van der Waals surface area contributed by atoms with Crippen LogP contribution in [0, 0.1) is 0 Å². The smallest absolute Gasteiger partial charge is 0.161 e. The van der Waals surface area contributed by atoms with Crippen LogP contribution in [0.4, 0.5) is 5.82 Å². The third-order valence-corrected chi connectivity index (χ3v) is 3.69. The topological polar surface area (TPSA) is 56.3 Å². The molecule has 1 heterocycles. The van der Waals surface area contributed by atoms with Crippen LogP contribution in [0.1, 0.15) is 12.6 Å². The van der Waals surface area contributed by atoms with E-state index in [4.69, 9.17) is 9.47 Å². The van der Waals surface area contributed by atoms with Crippen molar-refractivity contribution in [3.63, 3.8) is 0 Å². The maximum atomic E-state index is 5.44. The van der Waals surface area contributed by atoms with Gasteiger partial charge in [0.25, 0.3) is 0 Å². The Kier molecular flexibility index (Phi) is 5.52. The van der Waals surface area contributed by atoms with E-state index in [0.717, 1.165) is 27.3 Å². The molecule has 0 radical (unpaired) electrons. The number of methoxy groups -OCH3 is 1. The molecule has 1 aromatic heterocycles. The van der Waals surface area contributed by atoms with Gasteiger partial charge < -0.3 is 14.8 Å². The number of halogens is 1. The summed E-state index contributed by atoms with van der Waals surface area (Å²) < 4.78 is 11.4. The van der Waals surface area contributed by atoms with Gasteiger partial charge in [0.1, 0.15) is 11.6 Å². The van der Waals surface area contributed by atoms with Gasteiger partial charge in [-0.1, -0.05) is 0 Å². The van der Waals surface area contributed by atoms with Gasteiger partial charge in [-0.2, -0.15) is 0 Å². The summed E-state index contributed by atoms with van der Waals surface area (Å²) in [5.41, 5.74) is 1.74. The first-order chi connectivity index (χ1) is 10.2. The van der Waals surface area contributed by atoms with E-state index in [1.54, 1.807) is 7.11 Å². The lowest BCUT2D eigenvalue weighted by Crippen LogP contribution is -2.04. The van der Waals surface area contributed by atoms with Crippen molar-refractivity contribution in [1.82, 2.24) is 9.97 Å². The molecule has 0 aliphatic carbocycles. The molecule has 0 unspecified atom stereocenters. The third-order valence-electron chi connectivity index (χ3n) is 2.86. The molecule has 21 heavy (non-hydrogen) atoms. The minimum Gasteiger partial charge on any atom is -0.494 e. The number of hydrogen-bond acceptors (Lipinski definition) is 5. The Morgan fingerprint density at radius 1 is 1.19 bits per heavy atom. The van der Waals surface area contributed by atoms with Crippen molar-refractivity contribution in [3.05, 3.63) is 34.4 Å². The summed E-state index contributed by atoms with van der Waals surface area (Å²) in [7, 11) is 3.47. The lowest BCUT2D eigenvalue weighted by Gasteiger charge is -2.11. The normalized spacial score (nSPS) is 10.5. The molecule has 0 fully saturated rings. The molecule has 0 saturated carbocycles. The average Bonchev–Trinajstić information content (AvgIpc) is 2.51. The number of aromatic nitrogens is 2. The Bertz CT molecular complexity index is 603. The van der Waals surface area contributed by atoms with Gasteiger partial charge in [0, 0.05) is 19.7 Å². The maximum absolute atomic E-state index is 5.44. The molecule has 0 atom stereocenters. The van der Waals surface area contributed by atoms with Crippen molar-refractivity contribution in [1.29, 1.82) is 0 Å². The van der Waals surface area contributed by atoms with Gasteiger partial charge in [0.15, 0.2) is 5.82 Å². The van der Waals surface area contributed by atoms with Crippen LogP contribution >= 0.6 is 15.9 Å². The molecule has 0 aliphatic rings. The lowest BCUT2D eigenvalue weighted by molar-refractivity contribution is 0.181. The van der Waals surface area contributed by atoms with E-state index in [9.17, 15) is 0 Å². The summed E-state index contributed by atoms with van der Waals surface area (Å²) in [4.78, 5) is 9.07. The second-order valence-corrected chi connectivity index (χ2v) is 5.09. The summed E-state index contributed by atoms with van der Waals surface area (Å²) in [6.07, 6.45) is 0.